The van der Waals surface area contributed by atoms with E-state index in [0.29, 0.717) is 22.8 Å². The van der Waals surface area contributed by atoms with Crippen LogP contribution >= 0.6 is 11.6 Å². The van der Waals surface area contributed by atoms with Crippen LogP contribution in [0.2, 0.25) is 5.02 Å². The Bertz CT molecular complexity index is 1400. The third-order valence-corrected chi connectivity index (χ3v) is 8.65. The zero-order valence-corrected chi connectivity index (χ0v) is 24.4. The van der Waals surface area contributed by atoms with Gasteiger partial charge in [-0.25, -0.2) is 8.42 Å². The Morgan fingerprint density at radius 2 is 1.62 bits per heavy atom. The fourth-order valence-corrected chi connectivity index (χ4v) is 5.95. The van der Waals surface area contributed by atoms with E-state index < -0.39 is 28.5 Å². The van der Waals surface area contributed by atoms with Gasteiger partial charge < -0.3 is 10.2 Å². The van der Waals surface area contributed by atoms with Gasteiger partial charge in [-0.05, 0) is 74.2 Å². The number of nitrogens with zero attached hydrogens (tertiary/aromatic N) is 2. The van der Waals surface area contributed by atoms with Crippen molar-refractivity contribution >= 4 is 39.1 Å². The lowest BCUT2D eigenvalue weighted by Gasteiger charge is -2.32. The van der Waals surface area contributed by atoms with Gasteiger partial charge in [0.15, 0.2) is 0 Å². The van der Waals surface area contributed by atoms with Crippen LogP contribution in [-0.2, 0) is 26.2 Å². The highest BCUT2D eigenvalue weighted by atomic mass is 35.5. The molecule has 7 nitrogen and oxygen atoms in total. The molecule has 0 fully saturated rings. The number of carbonyl (C=O) groups is 2. The van der Waals surface area contributed by atoms with Crippen molar-refractivity contribution < 1.29 is 18.0 Å². The number of hydrogen-bond acceptors (Lipinski definition) is 4. The molecule has 0 spiro atoms. The Labute approximate surface area is 236 Å². The van der Waals surface area contributed by atoms with Crippen LogP contribution in [0.15, 0.2) is 77.7 Å². The van der Waals surface area contributed by atoms with Gasteiger partial charge in [-0.1, -0.05) is 67.4 Å². The zero-order chi connectivity index (χ0) is 28.6. The predicted molar refractivity (Wildman–Crippen MR) is 156 cm³/mol. The van der Waals surface area contributed by atoms with Crippen molar-refractivity contribution in [3.05, 3.63) is 94.5 Å². The molecule has 3 rings (SSSR count). The summed E-state index contributed by atoms with van der Waals surface area (Å²) in [5, 5.41) is 3.35. The molecule has 2 amide bonds. The molecule has 3 aromatic carbocycles. The first kappa shape index (κ1) is 30.2. The molecule has 1 atom stereocenters. The number of benzene rings is 3. The maximum absolute atomic E-state index is 14.0. The SMILES string of the molecule is CCCCNC(=O)[C@@H](C)N(Cc1ccccc1C)C(=O)CN(c1ccc(Cl)cc1C)S(=O)(=O)c1ccccc1. The van der Waals surface area contributed by atoms with Gasteiger partial charge in [0, 0.05) is 18.1 Å². The van der Waals surface area contributed by atoms with Gasteiger partial charge in [-0.3, -0.25) is 13.9 Å². The standard InChI is InChI=1S/C30H36ClN3O4S/c1-5-6-18-32-30(36)24(4)33(20-25-13-11-10-12-22(25)2)29(35)21-34(28-17-16-26(31)19-23(28)3)39(37,38)27-14-8-7-9-15-27/h7-17,19,24H,5-6,18,20-21H2,1-4H3,(H,32,36)/t24-/m1/s1. The second-order valence-electron chi connectivity index (χ2n) is 9.52. The number of carbonyl (C=O) groups excluding carboxylic acids is 2. The largest absolute Gasteiger partial charge is 0.354 e. The number of aryl methyl sites for hydroxylation is 2. The lowest BCUT2D eigenvalue weighted by molar-refractivity contribution is -0.139. The van der Waals surface area contributed by atoms with Crippen molar-refractivity contribution in [2.24, 2.45) is 0 Å². The Morgan fingerprint density at radius 3 is 2.26 bits per heavy atom. The summed E-state index contributed by atoms with van der Waals surface area (Å²) < 4.78 is 28.8. The first-order valence-electron chi connectivity index (χ1n) is 13.0. The molecule has 0 aliphatic carbocycles. The molecule has 0 saturated carbocycles. The van der Waals surface area contributed by atoms with Crippen LogP contribution in [0.4, 0.5) is 5.69 Å². The number of hydrogen-bond donors (Lipinski definition) is 1. The average molecular weight is 570 g/mol. The molecule has 0 aliphatic rings. The summed E-state index contributed by atoms with van der Waals surface area (Å²) in [5.74, 6) is -0.782. The summed E-state index contributed by atoms with van der Waals surface area (Å²) in [6.45, 7) is 7.56. The van der Waals surface area contributed by atoms with E-state index in [4.69, 9.17) is 11.6 Å². The van der Waals surface area contributed by atoms with Crippen molar-refractivity contribution in [2.45, 2.75) is 58.0 Å². The minimum Gasteiger partial charge on any atom is -0.354 e. The molecule has 0 aromatic heterocycles. The fraction of sp³-hybridized carbons (Fsp3) is 0.333. The van der Waals surface area contributed by atoms with Crippen molar-refractivity contribution in [3.63, 3.8) is 0 Å². The Kier molecular flexibility index (Phi) is 10.5. The molecule has 3 aromatic rings. The van der Waals surface area contributed by atoms with Crippen molar-refractivity contribution in [1.29, 1.82) is 0 Å². The van der Waals surface area contributed by atoms with Crippen LogP contribution in [-0.4, -0.2) is 44.3 Å². The molecule has 208 valence electrons. The molecule has 0 saturated heterocycles. The first-order valence-corrected chi connectivity index (χ1v) is 14.8. The second kappa shape index (κ2) is 13.6. The highest BCUT2D eigenvalue weighted by molar-refractivity contribution is 7.92. The molecule has 9 heteroatoms. The monoisotopic (exact) mass is 569 g/mol. The van der Waals surface area contributed by atoms with Crippen LogP contribution in [0, 0.1) is 13.8 Å². The molecular weight excluding hydrogens is 534 g/mol. The molecule has 39 heavy (non-hydrogen) atoms. The van der Waals surface area contributed by atoms with Crippen LogP contribution in [0.3, 0.4) is 0 Å². The molecule has 0 bridgehead atoms. The van der Waals surface area contributed by atoms with E-state index in [0.717, 1.165) is 28.3 Å². The highest BCUT2D eigenvalue weighted by Gasteiger charge is 2.33. The number of rotatable bonds is 12. The van der Waals surface area contributed by atoms with Gasteiger partial charge in [-0.15, -0.1) is 0 Å². The van der Waals surface area contributed by atoms with Crippen LogP contribution in [0.1, 0.15) is 43.4 Å². The fourth-order valence-electron chi connectivity index (χ4n) is 4.22. The topological polar surface area (TPSA) is 86.8 Å². The summed E-state index contributed by atoms with van der Waals surface area (Å²) >= 11 is 6.16. The number of anilines is 1. The van der Waals surface area contributed by atoms with E-state index in [1.165, 1.54) is 17.0 Å². The van der Waals surface area contributed by atoms with Gasteiger partial charge in [0.1, 0.15) is 12.6 Å². The number of amides is 2. The third kappa shape index (κ3) is 7.61. The third-order valence-electron chi connectivity index (χ3n) is 6.64. The molecule has 0 heterocycles. The Balaban J connectivity index is 2.03. The maximum atomic E-state index is 14.0. The number of nitrogens with one attached hydrogen (secondary N) is 1. The molecular formula is C30H36ClN3O4S. The van der Waals surface area contributed by atoms with Gasteiger partial charge in [-0.2, -0.15) is 0 Å². The maximum Gasteiger partial charge on any atom is 0.264 e. The lowest BCUT2D eigenvalue weighted by atomic mass is 10.1. The van der Waals surface area contributed by atoms with Crippen LogP contribution in [0.25, 0.3) is 0 Å². The summed E-state index contributed by atoms with van der Waals surface area (Å²) in [6.07, 6.45) is 1.75. The molecule has 0 aliphatic heterocycles. The molecule has 0 radical (unpaired) electrons. The first-order chi connectivity index (χ1) is 18.6. The number of sulfonamides is 1. The minimum absolute atomic E-state index is 0.0583. The van der Waals surface area contributed by atoms with E-state index in [2.05, 4.69) is 5.32 Å². The van der Waals surface area contributed by atoms with Crippen LogP contribution in [0.5, 0.6) is 0 Å². The second-order valence-corrected chi connectivity index (χ2v) is 11.8. The van der Waals surface area contributed by atoms with E-state index in [1.54, 1.807) is 50.2 Å². The van der Waals surface area contributed by atoms with E-state index in [1.807, 2.05) is 38.1 Å². The van der Waals surface area contributed by atoms with Gasteiger partial charge in [0.05, 0.1) is 10.6 Å². The van der Waals surface area contributed by atoms with Gasteiger partial charge in [0.25, 0.3) is 10.0 Å². The summed E-state index contributed by atoms with van der Waals surface area (Å²) in [7, 11) is -4.12. The van der Waals surface area contributed by atoms with Gasteiger partial charge >= 0.3 is 0 Å². The predicted octanol–water partition coefficient (Wildman–Crippen LogP) is 5.49. The Morgan fingerprint density at radius 1 is 0.949 bits per heavy atom. The smallest absolute Gasteiger partial charge is 0.264 e. The van der Waals surface area contributed by atoms with Crippen LogP contribution < -0.4 is 9.62 Å². The lowest BCUT2D eigenvalue weighted by Crippen LogP contribution is -2.51. The molecule has 1 N–H and O–H groups in total. The zero-order valence-electron chi connectivity index (χ0n) is 22.9. The van der Waals surface area contributed by atoms with Crippen molar-refractivity contribution in [2.75, 3.05) is 17.4 Å². The number of halogens is 1. The van der Waals surface area contributed by atoms with E-state index in [-0.39, 0.29) is 17.3 Å². The van der Waals surface area contributed by atoms with Crippen molar-refractivity contribution in [3.8, 4) is 0 Å². The summed E-state index contributed by atoms with van der Waals surface area (Å²) in [5.41, 5.74) is 2.79. The van der Waals surface area contributed by atoms with Gasteiger partial charge in [0.2, 0.25) is 11.8 Å². The quantitative estimate of drug-likeness (QED) is 0.292. The minimum atomic E-state index is -4.12. The average Bonchev–Trinajstić information content (AvgIpc) is 2.91. The summed E-state index contributed by atoms with van der Waals surface area (Å²) in [6, 6.07) is 19.6. The van der Waals surface area contributed by atoms with E-state index >= 15 is 0 Å². The van der Waals surface area contributed by atoms with E-state index in [9.17, 15) is 18.0 Å². The Hall–Kier alpha value is -3.36. The normalized spacial score (nSPS) is 12.0. The summed E-state index contributed by atoms with van der Waals surface area (Å²) in [4.78, 5) is 28.5. The van der Waals surface area contributed by atoms with Crippen molar-refractivity contribution in [1.82, 2.24) is 10.2 Å². The molecule has 0 unspecified atom stereocenters. The highest BCUT2D eigenvalue weighted by Crippen LogP contribution is 2.29. The number of unbranched alkanes of at least 4 members (excludes halogenated alkanes) is 1.